The maximum Gasteiger partial charge on any atom is 0.0726 e. The molecule has 2 heteroatoms. The molecular weight excluding hydrogens is 767 g/mol. The van der Waals surface area contributed by atoms with Gasteiger partial charge < -0.3 is 4.90 Å². The third-order valence-electron chi connectivity index (χ3n) is 14.5. The van der Waals surface area contributed by atoms with Gasteiger partial charge in [-0.05, 0) is 120 Å². The Kier molecular flexibility index (Phi) is 7.49. The number of rotatable bonds is 5. The Morgan fingerprint density at radius 2 is 0.984 bits per heavy atom. The minimum Gasteiger partial charge on any atom is -0.309 e. The van der Waals surface area contributed by atoms with Gasteiger partial charge in [-0.3, -0.25) is 0 Å². The first-order valence-electron chi connectivity index (χ1n) is 22.0. The van der Waals surface area contributed by atoms with E-state index in [1.165, 1.54) is 115 Å². The van der Waals surface area contributed by atoms with Crippen LogP contribution in [0.25, 0.3) is 64.7 Å². The van der Waals surface area contributed by atoms with Crippen molar-refractivity contribution in [2.75, 3.05) is 4.90 Å². The van der Waals surface area contributed by atoms with Crippen LogP contribution in [0.5, 0.6) is 0 Å². The molecule has 1 heterocycles. The molecule has 9 aromatic carbocycles. The Morgan fingerprint density at radius 3 is 1.66 bits per heavy atom. The summed E-state index contributed by atoms with van der Waals surface area (Å²) in [7, 11) is 0. The molecular formula is C60H43NS. The van der Waals surface area contributed by atoms with E-state index < -0.39 is 5.41 Å². The van der Waals surface area contributed by atoms with E-state index in [0.29, 0.717) is 0 Å². The molecule has 294 valence electrons. The van der Waals surface area contributed by atoms with Gasteiger partial charge in [0.05, 0.1) is 15.8 Å². The van der Waals surface area contributed by atoms with E-state index in [2.05, 4.69) is 220 Å². The predicted molar refractivity (Wildman–Crippen MR) is 263 cm³/mol. The molecule has 10 aromatic rings. The highest BCUT2D eigenvalue weighted by Crippen LogP contribution is 2.66. The summed E-state index contributed by atoms with van der Waals surface area (Å²) in [5, 5.41) is 2.65. The fraction of sp³-hybridized carbons (Fsp3) is 0.100. The molecule has 0 saturated carbocycles. The number of anilines is 3. The zero-order chi connectivity index (χ0) is 41.3. The summed E-state index contributed by atoms with van der Waals surface area (Å²) in [6.45, 7) is 7.03. The van der Waals surface area contributed by atoms with Crippen molar-refractivity contribution in [3.05, 3.63) is 233 Å². The maximum absolute atomic E-state index is 2.61. The van der Waals surface area contributed by atoms with E-state index in [1.54, 1.807) is 0 Å². The average molecular weight is 810 g/mol. The van der Waals surface area contributed by atoms with Crippen molar-refractivity contribution in [2.24, 2.45) is 0 Å². The Labute approximate surface area is 367 Å². The number of fused-ring (bicyclic) bond motifs is 17. The molecule has 1 spiro atoms. The molecule has 0 atom stereocenters. The summed E-state index contributed by atoms with van der Waals surface area (Å²) in [6.07, 6.45) is 0.993. The molecule has 0 fully saturated rings. The fourth-order valence-corrected chi connectivity index (χ4v) is 13.0. The Bertz CT molecular complexity index is 3430. The molecule has 0 amide bonds. The van der Waals surface area contributed by atoms with Crippen molar-refractivity contribution >= 4 is 48.6 Å². The second-order valence-corrected chi connectivity index (χ2v) is 18.8. The zero-order valence-corrected chi connectivity index (χ0v) is 35.9. The van der Waals surface area contributed by atoms with Gasteiger partial charge in [0.25, 0.3) is 0 Å². The number of aryl methyl sites for hydroxylation is 1. The van der Waals surface area contributed by atoms with Crippen LogP contribution < -0.4 is 4.90 Å². The maximum atomic E-state index is 2.61. The van der Waals surface area contributed by atoms with Crippen LogP contribution in [0.4, 0.5) is 17.1 Å². The largest absolute Gasteiger partial charge is 0.309 e. The highest BCUT2D eigenvalue weighted by atomic mass is 32.1. The van der Waals surface area contributed by atoms with E-state index in [9.17, 15) is 0 Å². The normalized spacial score (nSPS) is 14.4. The van der Waals surface area contributed by atoms with Crippen molar-refractivity contribution in [3.8, 4) is 44.5 Å². The first-order chi connectivity index (χ1) is 30.5. The van der Waals surface area contributed by atoms with Crippen molar-refractivity contribution in [2.45, 2.75) is 38.0 Å². The van der Waals surface area contributed by atoms with E-state index in [-0.39, 0.29) is 5.41 Å². The SMILES string of the molecule is CCc1ccc(N(c2ccc3c(c2)C(C)(C)c2ccccc2-3)c2cc3c(c4c2sc2c(-c5ccccc5)cccc24)-c2ccccc2C32c3ccccc3-c3ccccc32)cc1. The summed E-state index contributed by atoms with van der Waals surface area (Å²) < 4.78 is 2.62. The number of benzene rings is 9. The molecule has 0 bridgehead atoms. The van der Waals surface area contributed by atoms with Gasteiger partial charge in [-0.2, -0.15) is 0 Å². The Balaban J connectivity index is 1.20. The van der Waals surface area contributed by atoms with E-state index in [4.69, 9.17) is 0 Å². The van der Waals surface area contributed by atoms with Crippen LogP contribution in [-0.4, -0.2) is 0 Å². The monoisotopic (exact) mass is 809 g/mol. The van der Waals surface area contributed by atoms with Gasteiger partial charge in [-0.1, -0.05) is 185 Å². The third kappa shape index (κ3) is 4.63. The van der Waals surface area contributed by atoms with E-state index >= 15 is 0 Å². The Hall–Kier alpha value is -7.00. The summed E-state index contributed by atoms with van der Waals surface area (Å²) in [5.74, 6) is 0. The van der Waals surface area contributed by atoms with Crippen molar-refractivity contribution in [1.29, 1.82) is 0 Å². The van der Waals surface area contributed by atoms with Crippen molar-refractivity contribution in [3.63, 3.8) is 0 Å². The molecule has 0 radical (unpaired) electrons. The number of nitrogens with zero attached hydrogens (tertiary/aromatic N) is 1. The molecule has 0 unspecified atom stereocenters. The molecule has 3 aliphatic rings. The lowest BCUT2D eigenvalue weighted by Gasteiger charge is -2.33. The molecule has 3 aliphatic carbocycles. The van der Waals surface area contributed by atoms with Gasteiger partial charge in [-0.25, -0.2) is 0 Å². The molecule has 13 rings (SSSR count). The van der Waals surface area contributed by atoms with Gasteiger partial charge in [0.1, 0.15) is 0 Å². The summed E-state index contributed by atoms with van der Waals surface area (Å²) in [5.41, 5.74) is 23.0. The average Bonchev–Trinajstić information content (AvgIpc) is 4.02. The molecule has 0 aliphatic heterocycles. The van der Waals surface area contributed by atoms with Crippen LogP contribution in [-0.2, 0) is 17.3 Å². The quantitative estimate of drug-likeness (QED) is 0.167. The highest BCUT2D eigenvalue weighted by Gasteiger charge is 2.52. The highest BCUT2D eigenvalue weighted by molar-refractivity contribution is 7.27. The van der Waals surface area contributed by atoms with E-state index in [1.807, 2.05) is 11.3 Å². The predicted octanol–water partition coefficient (Wildman–Crippen LogP) is 16.4. The van der Waals surface area contributed by atoms with Crippen LogP contribution in [0.2, 0.25) is 0 Å². The molecule has 62 heavy (non-hydrogen) atoms. The molecule has 1 nitrogen and oxygen atoms in total. The van der Waals surface area contributed by atoms with Crippen LogP contribution in [0.3, 0.4) is 0 Å². The second-order valence-electron chi connectivity index (χ2n) is 17.8. The van der Waals surface area contributed by atoms with Crippen LogP contribution >= 0.6 is 11.3 Å². The number of hydrogen-bond donors (Lipinski definition) is 0. The van der Waals surface area contributed by atoms with Crippen molar-refractivity contribution in [1.82, 2.24) is 0 Å². The minimum atomic E-state index is -0.493. The Morgan fingerprint density at radius 1 is 0.435 bits per heavy atom. The van der Waals surface area contributed by atoms with Crippen LogP contribution in [0.15, 0.2) is 194 Å². The van der Waals surface area contributed by atoms with Gasteiger partial charge in [0.2, 0.25) is 0 Å². The lowest BCUT2D eigenvalue weighted by molar-refractivity contribution is 0.660. The van der Waals surface area contributed by atoms with Gasteiger partial charge in [0, 0.05) is 32.3 Å². The number of hydrogen-bond acceptors (Lipinski definition) is 2. The first kappa shape index (κ1) is 35.7. The summed E-state index contributed by atoms with van der Waals surface area (Å²) in [6, 6.07) is 73.7. The standard InChI is InChI=1S/C60H43NS/c1-4-37-29-31-39(32-30-37)61(40-33-34-45-42-19-8-12-25-48(42)59(2,3)52(45)35-40)54-36-53-55(56-47-24-16-23-41(57(47)62-58(54)56)38-17-6-5-7-18-38)46-22-11-15-28-51(46)60(53)49-26-13-9-20-43(49)44-21-10-14-27-50(44)60/h5-36H,4H2,1-3H3. The summed E-state index contributed by atoms with van der Waals surface area (Å²) >= 11 is 1.95. The molecule has 0 saturated heterocycles. The van der Waals surface area contributed by atoms with Crippen LogP contribution in [0, 0.1) is 0 Å². The third-order valence-corrected chi connectivity index (χ3v) is 15.7. The molecule has 0 N–H and O–H groups in total. The van der Waals surface area contributed by atoms with Crippen LogP contribution in [0.1, 0.15) is 59.7 Å². The van der Waals surface area contributed by atoms with Gasteiger partial charge in [0.15, 0.2) is 0 Å². The lowest BCUT2D eigenvalue weighted by Crippen LogP contribution is -2.26. The summed E-state index contributed by atoms with van der Waals surface area (Å²) in [4.78, 5) is 2.59. The minimum absolute atomic E-state index is 0.141. The lowest BCUT2D eigenvalue weighted by atomic mass is 9.70. The molecule has 1 aromatic heterocycles. The second kappa shape index (κ2) is 13.0. The first-order valence-corrected chi connectivity index (χ1v) is 22.8. The smallest absolute Gasteiger partial charge is 0.0726 e. The van der Waals surface area contributed by atoms with Gasteiger partial charge in [-0.15, -0.1) is 11.3 Å². The zero-order valence-electron chi connectivity index (χ0n) is 35.0. The topological polar surface area (TPSA) is 3.24 Å². The number of thiophene rings is 1. The van der Waals surface area contributed by atoms with E-state index in [0.717, 1.165) is 12.1 Å². The van der Waals surface area contributed by atoms with Gasteiger partial charge >= 0.3 is 0 Å². The van der Waals surface area contributed by atoms with Crippen molar-refractivity contribution < 1.29 is 0 Å². The fourth-order valence-electron chi connectivity index (χ4n) is 11.7.